The number of nitrogens with two attached hydrogens (primary N) is 1. The first-order valence-corrected chi connectivity index (χ1v) is 8.45. The third-order valence-corrected chi connectivity index (χ3v) is 5.14. The van der Waals surface area contributed by atoms with E-state index in [1.54, 1.807) is 0 Å². The van der Waals surface area contributed by atoms with Gasteiger partial charge in [-0.3, -0.25) is 4.79 Å². The van der Waals surface area contributed by atoms with E-state index in [-0.39, 0.29) is 5.91 Å². The molecule has 1 amide bonds. The molecule has 122 valence electrons. The molecule has 2 fully saturated rings. The number of piperidine rings is 1. The highest BCUT2D eigenvalue weighted by Crippen LogP contribution is 2.29. The molecule has 5 nitrogen and oxygen atoms in total. The van der Waals surface area contributed by atoms with Crippen molar-refractivity contribution < 1.29 is 9.53 Å². The average molecular weight is 297 g/mol. The summed E-state index contributed by atoms with van der Waals surface area (Å²) in [4.78, 5) is 14.9. The van der Waals surface area contributed by atoms with E-state index < -0.39 is 5.41 Å². The molecule has 21 heavy (non-hydrogen) atoms. The van der Waals surface area contributed by atoms with Crippen molar-refractivity contribution in [1.82, 2.24) is 10.2 Å². The van der Waals surface area contributed by atoms with Crippen LogP contribution in [0.25, 0.3) is 0 Å². The summed E-state index contributed by atoms with van der Waals surface area (Å²) < 4.78 is 5.35. The first-order valence-electron chi connectivity index (χ1n) is 8.45. The van der Waals surface area contributed by atoms with Crippen molar-refractivity contribution in [3.63, 3.8) is 0 Å². The van der Waals surface area contributed by atoms with Crippen molar-refractivity contribution in [1.29, 1.82) is 0 Å². The van der Waals surface area contributed by atoms with Crippen molar-refractivity contribution in [2.45, 2.75) is 39.0 Å². The van der Waals surface area contributed by atoms with E-state index in [2.05, 4.69) is 17.1 Å². The molecule has 5 heteroatoms. The smallest absolute Gasteiger partial charge is 0.227 e. The van der Waals surface area contributed by atoms with E-state index >= 15 is 0 Å². The minimum absolute atomic E-state index is 0.126. The third-order valence-electron chi connectivity index (χ3n) is 5.14. The van der Waals surface area contributed by atoms with Crippen molar-refractivity contribution in [2.24, 2.45) is 17.1 Å². The van der Waals surface area contributed by atoms with Crippen molar-refractivity contribution in [3.05, 3.63) is 0 Å². The molecule has 2 saturated heterocycles. The zero-order chi connectivity index (χ0) is 15.1. The average Bonchev–Trinajstić information content (AvgIpc) is 2.53. The van der Waals surface area contributed by atoms with Crippen LogP contribution in [0.5, 0.6) is 0 Å². The summed E-state index contributed by atoms with van der Waals surface area (Å²) in [6, 6.07) is 0. The molecule has 2 aliphatic rings. The van der Waals surface area contributed by atoms with Crippen molar-refractivity contribution in [2.75, 3.05) is 45.9 Å². The lowest BCUT2D eigenvalue weighted by Crippen LogP contribution is -2.49. The Hall–Kier alpha value is -0.650. The summed E-state index contributed by atoms with van der Waals surface area (Å²) in [7, 11) is 0. The van der Waals surface area contributed by atoms with Crippen LogP contribution in [0, 0.1) is 11.3 Å². The lowest BCUT2D eigenvalue weighted by atomic mass is 9.79. The highest BCUT2D eigenvalue weighted by molar-refractivity contribution is 5.83. The molecule has 0 unspecified atom stereocenters. The number of amides is 1. The van der Waals surface area contributed by atoms with E-state index in [0.29, 0.717) is 19.8 Å². The number of carbonyl (C=O) groups excluding carboxylic acids is 1. The first-order chi connectivity index (χ1) is 10.2. The topological polar surface area (TPSA) is 67.6 Å². The molecular formula is C16H31N3O2. The maximum atomic E-state index is 12.4. The predicted octanol–water partition coefficient (Wildman–Crippen LogP) is 0.980. The van der Waals surface area contributed by atoms with Gasteiger partial charge in [-0.1, -0.05) is 6.92 Å². The van der Waals surface area contributed by atoms with Gasteiger partial charge in [-0.05, 0) is 57.7 Å². The van der Waals surface area contributed by atoms with Crippen LogP contribution in [-0.4, -0.2) is 56.7 Å². The molecule has 2 heterocycles. The van der Waals surface area contributed by atoms with E-state index in [4.69, 9.17) is 10.5 Å². The highest BCUT2D eigenvalue weighted by atomic mass is 16.5. The predicted molar refractivity (Wildman–Crippen MR) is 84.0 cm³/mol. The summed E-state index contributed by atoms with van der Waals surface area (Å²) in [5, 5.41) is 3.09. The molecule has 0 aliphatic carbocycles. The van der Waals surface area contributed by atoms with Gasteiger partial charge in [0.2, 0.25) is 5.91 Å². The Morgan fingerprint density at radius 1 is 1.33 bits per heavy atom. The van der Waals surface area contributed by atoms with Crippen LogP contribution in [-0.2, 0) is 9.53 Å². The SMILES string of the molecule is CC1CCN(CCCNC(=O)C2(CN)CCOCC2)CC1. The van der Waals surface area contributed by atoms with Gasteiger partial charge in [-0.25, -0.2) is 0 Å². The Kier molecular flexibility index (Phi) is 6.45. The standard InChI is InChI=1S/C16H31N3O2/c1-14-3-9-19(10-4-14)8-2-7-18-15(20)16(13-17)5-11-21-12-6-16/h14H,2-13,17H2,1H3,(H,18,20). The highest BCUT2D eigenvalue weighted by Gasteiger charge is 2.38. The second-order valence-electron chi connectivity index (χ2n) is 6.73. The van der Waals surface area contributed by atoms with Gasteiger partial charge in [0, 0.05) is 26.3 Å². The van der Waals surface area contributed by atoms with Gasteiger partial charge in [0.15, 0.2) is 0 Å². The van der Waals surface area contributed by atoms with Gasteiger partial charge in [-0.15, -0.1) is 0 Å². The van der Waals surface area contributed by atoms with Crippen LogP contribution in [0.1, 0.15) is 39.0 Å². The molecule has 2 rings (SSSR count). The Morgan fingerprint density at radius 3 is 2.62 bits per heavy atom. The Morgan fingerprint density at radius 2 is 2.00 bits per heavy atom. The fraction of sp³-hybridized carbons (Fsp3) is 0.938. The maximum absolute atomic E-state index is 12.4. The van der Waals surface area contributed by atoms with Gasteiger partial charge in [0.1, 0.15) is 0 Å². The molecule has 2 aliphatic heterocycles. The van der Waals surface area contributed by atoms with Gasteiger partial charge in [-0.2, -0.15) is 0 Å². The lowest BCUT2D eigenvalue weighted by Gasteiger charge is -2.34. The Labute approximate surface area is 128 Å². The minimum Gasteiger partial charge on any atom is -0.381 e. The molecule has 0 aromatic rings. The summed E-state index contributed by atoms with van der Waals surface area (Å²) in [6.45, 7) is 8.31. The van der Waals surface area contributed by atoms with Gasteiger partial charge in [0.05, 0.1) is 5.41 Å². The summed E-state index contributed by atoms with van der Waals surface area (Å²) in [6.07, 6.45) is 5.14. The molecule has 0 atom stereocenters. The maximum Gasteiger partial charge on any atom is 0.227 e. The van der Waals surface area contributed by atoms with E-state index in [1.165, 1.54) is 25.9 Å². The number of nitrogens with one attached hydrogen (secondary N) is 1. The van der Waals surface area contributed by atoms with Crippen molar-refractivity contribution >= 4 is 5.91 Å². The zero-order valence-corrected chi connectivity index (χ0v) is 13.4. The monoisotopic (exact) mass is 297 g/mol. The summed E-state index contributed by atoms with van der Waals surface area (Å²) >= 11 is 0. The minimum atomic E-state index is -0.390. The van der Waals surface area contributed by atoms with Crippen LogP contribution in [0.2, 0.25) is 0 Å². The Balaban J connectivity index is 1.64. The molecule has 0 spiro atoms. The van der Waals surface area contributed by atoms with E-state index in [9.17, 15) is 4.79 Å². The summed E-state index contributed by atoms with van der Waals surface area (Å²) in [5.74, 6) is 0.999. The molecule has 3 N–H and O–H groups in total. The third kappa shape index (κ3) is 4.66. The molecule has 0 saturated carbocycles. The second kappa shape index (κ2) is 8.11. The number of hydrogen-bond donors (Lipinski definition) is 2. The molecule has 0 radical (unpaired) electrons. The quantitative estimate of drug-likeness (QED) is 0.717. The van der Waals surface area contributed by atoms with E-state index in [0.717, 1.165) is 38.3 Å². The van der Waals surface area contributed by atoms with Gasteiger partial charge >= 0.3 is 0 Å². The molecule has 0 aromatic carbocycles. The zero-order valence-electron chi connectivity index (χ0n) is 13.4. The lowest BCUT2D eigenvalue weighted by molar-refractivity contribution is -0.135. The first kappa shape index (κ1) is 16.7. The largest absolute Gasteiger partial charge is 0.381 e. The van der Waals surface area contributed by atoms with E-state index in [1.807, 2.05) is 0 Å². The van der Waals surface area contributed by atoms with Crippen LogP contribution < -0.4 is 11.1 Å². The molecule has 0 bridgehead atoms. The van der Waals surface area contributed by atoms with Crippen LogP contribution in [0.15, 0.2) is 0 Å². The number of rotatable bonds is 6. The number of hydrogen-bond acceptors (Lipinski definition) is 4. The number of nitrogens with zero attached hydrogens (tertiary/aromatic N) is 1. The number of carbonyl (C=O) groups is 1. The Bertz CT molecular complexity index is 321. The summed E-state index contributed by atoms with van der Waals surface area (Å²) in [5.41, 5.74) is 5.46. The van der Waals surface area contributed by atoms with Crippen LogP contribution in [0.4, 0.5) is 0 Å². The fourth-order valence-corrected chi connectivity index (χ4v) is 3.26. The van der Waals surface area contributed by atoms with Gasteiger partial charge < -0.3 is 20.7 Å². The van der Waals surface area contributed by atoms with Crippen molar-refractivity contribution in [3.8, 4) is 0 Å². The van der Waals surface area contributed by atoms with Gasteiger partial charge in [0.25, 0.3) is 0 Å². The number of ether oxygens (including phenoxy) is 1. The molecule has 0 aromatic heterocycles. The molecular weight excluding hydrogens is 266 g/mol. The van der Waals surface area contributed by atoms with Crippen LogP contribution in [0.3, 0.4) is 0 Å². The van der Waals surface area contributed by atoms with Crippen LogP contribution >= 0.6 is 0 Å². The second-order valence-corrected chi connectivity index (χ2v) is 6.73. The normalized spacial score (nSPS) is 23.9. The fourth-order valence-electron chi connectivity index (χ4n) is 3.26. The number of likely N-dealkylation sites (tertiary alicyclic amines) is 1.